The van der Waals surface area contributed by atoms with Crippen molar-refractivity contribution in [1.82, 2.24) is 25.3 Å². The van der Waals surface area contributed by atoms with Crippen molar-refractivity contribution in [3.05, 3.63) is 42.4 Å². The maximum atomic E-state index is 12.3. The quantitative estimate of drug-likeness (QED) is 0.892. The number of hydrogen-bond donors (Lipinski definition) is 2. The summed E-state index contributed by atoms with van der Waals surface area (Å²) in [5, 5.41) is 3.96. The molecule has 3 rings (SSSR count). The van der Waals surface area contributed by atoms with Crippen LogP contribution >= 0.6 is 0 Å². The van der Waals surface area contributed by atoms with Crippen LogP contribution in [0.4, 0.5) is 4.79 Å². The van der Waals surface area contributed by atoms with Crippen molar-refractivity contribution in [3.63, 3.8) is 0 Å². The number of imidazole rings is 1. The minimum absolute atomic E-state index is 0.261. The first-order valence-electron chi connectivity index (χ1n) is 7.10. The van der Waals surface area contributed by atoms with Crippen LogP contribution in [-0.4, -0.2) is 39.6 Å². The Bertz CT molecular complexity index is 695. The van der Waals surface area contributed by atoms with Gasteiger partial charge >= 0.3 is 11.9 Å². The standard InChI is InChI=1S/C15H17N5O2/c1-19-10-12(11-6-3-2-4-7-11)17-13(19)14(21)18-20-9-5-8-16-15(20)22/h2-4,6-7,10H,5,8-9H2,1H3,(H,16,22)(H,18,21). The number of hydrazine groups is 1. The molecule has 22 heavy (non-hydrogen) atoms. The Kier molecular flexibility index (Phi) is 3.78. The zero-order chi connectivity index (χ0) is 15.5. The normalized spacial score (nSPS) is 14.6. The van der Waals surface area contributed by atoms with Crippen LogP contribution in [0, 0.1) is 0 Å². The number of carbonyl (C=O) groups excluding carboxylic acids is 2. The molecular formula is C15H17N5O2. The first-order chi connectivity index (χ1) is 10.6. The van der Waals surface area contributed by atoms with Gasteiger partial charge in [0.15, 0.2) is 0 Å². The van der Waals surface area contributed by atoms with E-state index in [1.54, 1.807) is 17.8 Å². The number of hydrogen-bond acceptors (Lipinski definition) is 3. The SMILES string of the molecule is Cn1cc(-c2ccccc2)nc1C(=O)NN1CCCNC1=O. The van der Waals surface area contributed by atoms with Gasteiger partial charge in [-0.25, -0.2) is 14.8 Å². The number of amides is 3. The van der Waals surface area contributed by atoms with Crippen LogP contribution < -0.4 is 10.7 Å². The Morgan fingerprint density at radius 2 is 2.09 bits per heavy atom. The van der Waals surface area contributed by atoms with E-state index in [1.807, 2.05) is 30.3 Å². The summed E-state index contributed by atoms with van der Waals surface area (Å²) < 4.78 is 1.65. The minimum Gasteiger partial charge on any atom is -0.336 e. The Morgan fingerprint density at radius 3 is 2.82 bits per heavy atom. The van der Waals surface area contributed by atoms with Crippen molar-refractivity contribution in [2.24, 2.45) is 7.05 Å². The van der Waals surface area contributed by atoms with Crippen molar-refractivity contribution < 1.29 is 9.59 Å². The molecule has 3 amide bonds. The van der Waals surface area contributed by atoms with Crippen molar-refractivity contribution >= 4 is 11.9 Å². The highest BCUT2D eigenvalue weighted by Crippen LogP contribution is 2.17. The highest BCUT2D eigenvalue weighted by atomic mass is 16.2. The van der Waals surface area contributed by atoms with E-state index in [1.165, 1.54) is 5.01 Å². The summed E-state index contributed by atoms with van der Waals surface area (Å²) in [5.74, 6) is -0.140. The smallest absolute Gasteiger partial charge is 0.336 e. The van der Waals surface area contributed by atoms with Crippen molar-refractivity contribution in [2.75, 3.05) is 13.1 Å². The Labute approximate surface area is 127 Å². The second kappa shape index (κ2) is 5.88. The molecule has 0 saturated carbocycles. The number of nitrogens with zero attached hydrogens (tertiary/aromatic N) is 3. The minimum atomic E-state index is -0.401. The summed E-state index contributed by atoms with van der Waals surface area (Å²) in [4.78, 5) is 28.3. The monoisotopic (exact) mass is 299 g/mol. The molecule has 0 unspecified atom stereocenters. The van der Waals surface area contributed by atoms with E-state index in [2.05, 4.69) is 15.7 Å². The van der Waals surface area contributed by atoms with Crippen molar-refractivity contribution in [2.45, 2.75) is 6.42 Å². The molecule has 0 aliphatic carbocycles. The molecule has 7 nitrogen and oxygen atoms in total. The van der Waals surface area contributed by atoms with Gasteiger partial charge in [-0.2, -0.15) is 0 Å². The van der Waals surface area contributed by atoms with E-state index in [-0.39, 0.29) is 11.9 Å². The number of rotatable bonds is 3. The Balaban J connectivity index is 1.78. The van der Waals surface area contributed by atoms with Crippen LogP contribution in [-0.2, 0) is 7.05 Å². The zero-order valence-electron chi connectivity index (χ0n) is 12.2. The molecule has 2 N–H and O–H groups in total. The molecule has 1 aromatic carbocycles. The van der Waals surface area contributed by atoms with Crippen molar-refractivity contribution in [3.8, 4) is 11.3 Å². The number of aromatic nitrogens is 2. The molecule has 0 radical (unpaired) electrons. The second-order valence-corrected chi connectivity index (χ2v) is 5.10. The fourth-order valence-corrected chi connectivity index (χ4v) is 2.33. The fourth-order valence-electron chi connectivity index (χ4n) is 2.33. The van der Waals surface area contributed by atoms with Gasteiger partial charge in [0.25, 0.3) is 0 Å². The van der Waals surface area contributed by atoms with E-state index in [0.717, 1.165) is 17.7 Å². The van der Waals surface area contributed by atoms with Gasteiger partial charge in [-0.15, -0.1) is 0 Å². The van der Waals surface area contributed by atoms with E-state index in [0.29, 0.717) is 13.1 Å². The lowest BCUT2D eigenvalue weighted by molar-refractivity contribution is 0.0795. The number of nitrogens with one attached hydrogen (secondary N) is 2. The summed E-state index contributed by atoms with van der Waals surface area (Å²) in [6.45, 7) is 1.12. The zero-order valence-corrected chi connectivity index (χ0v) is 12.2. The maximum Gasteiger partial charge on any atom is 0.336 e. The van der Waals surface area contributed by atoms with Gasteiger partial charge in [0.05, 0.1) is 5.69 Å². The first kappa shape index (κ1) is 14.1. The van der Waals surface area contributed by atoms with Gasteiger partial charge < -0.3 is 9.88 Å². The molecule has 114 valence electrons. The lowest BCUT2D eigenvalue weighted by Crippen LogP contribution is -2.55. The average Bonchev–Trinajstić information content (AvgIpc) is 2.92. The molecule has 2 heterocycles. The third-order valence-electron chi connectivity index (χ3n) is 3.47. The predicted octanol–water partition coefficient (Wildman–Crippen LogP) is 1.15. The Morgan fingerprint density at radius 1 is 1.32 bits per heavy atom. The Hall–Kier alpha value is -2.83. The van der Waals surface area contributed by atoms with Crippen LogP contribution in [0.3, 0.4) is 0 Å². The summed E-state index contributed by atoms with van der Waals surface area (Å²) in [5.41, 5.74) is 4.25. The number of benzene rings is 1. The third-order valence-corrected chi connectivity index (χ3v) is 3.47. The number of aryl methyl sites for hydroxylation is 1. The summed E-state index contributed by atoms with van der Waals surface area (Å²) in [6, 6.07) is 9.33. The topological polar surface area (TPSA) is 79.3 Å². The molecule has 0 atom stereocenters. The fraction of sp³-hybridized carbons (Fsp3) is 0.267. The van der Waals surface area contributed by atoms with Crippen LogP contribution in [0.1, 0.15) is 17.0 Å². The summed E-state index contributed by atoms with van der Waals surface area (Å²) in [7, 11) is 1.75. The molecule has 1 aromatic heterocycles. The first-order valence-corrected chi connectivity index (χ1v) is 7.10. The summed E-state index contributed by atoms with van der Waals surface area (Å²) in [6.07, 6.45) is 2.59. The maximum absolute atomic E-state index is 12.3. The van der Waals surface area contributed by atoms with Gasteiger partial charge in [-0.3, -0.25) is 10.2 Å². The highest BCUT2D eigenvalue weighted by molar-refractivity contribution is 5.93. The molecule has 1 saturated heterocycles. The van der Waals surface area contributed by atoms with Crippen LogP contribution in [0.5, 0.6) is 0 Å². The molecule has 0 spiro atoms. The molecular weight excluding hydrogens is 282 g/mol. The number of urea groups is 1. The second-order valence-electron chi connectivity index (χ2n) is 5.10. The van der Waals surface area contributed by atoms with Gasteiger partial charge in [-0.1, -0.05) is 30.3 Å². The number of carbonyl (C=O) groups is 2. The van der Waals surface area contributed by atoms with Gasteiger partial charge in [0.2, 0.25) is 5.82 Å². The largest absolute Gasteiger partial charge is 0.336 e. The molecule has 1 aliphatic heterocycles. The lowest BCUT2D eigenvalue weighted by Gasteiger charge is -2.27. The summed E-state index contributed by atoms with van der Waals surface area (Å²) >= 11 is 0. The van der Waals surface area contributed by atoms with Crippen LogP contribution in [0.2, 0.25) is 0 Å². The molecule has 2 aromatic rings. The van der Waals surface area contributed by atoms with E-state index < -0.39 is 5.91 Å². The predicted molar refractivity (Wildman–Crippen MR) is 80.8 cm³/mol. The molecule has 0 bridgehead atoms. The van der Waals surface area contributed by atoms with Crippen LogP contribution in [0.25, 0.3) is 11.3 Å². The van der Waals surface area contributed by atoms with Gasteiger partial charge in [0.1, 0.15) is 0 Å². The molecule has 7 heteroatoms. The molecule has 1 fully saturated rings. The average molecular weight is 299 g/mol. The van der Waals surface area contributed by atoms with E-state index in [4.69, 9.17) is 0 Å². The van der Waals surface area contributed by atoms with Gasteiger partial charge in [-0.05, 0) is 6.42 Å². The van der Waals surface area contributed by atoms with Crippen LogP contribution in [0.15, 0.2) is 36.5 Å². The van der Waals surface area contributed by atoms with Gasteiger partial charge in [0, 0.05) is 31.9 Å². The third kappa shape index (κ3) is 2.78. The molecule has 1 aliphatic rings. The van der Waals surface area contributed by atoms with E-state index >= 15 is 0 Å². The van der Waals surface area contributed by atoms with E-state index in [9.17, 15) is 9.59 Å². The highest BCUT2D eigenvalue weighted by Gasteiger charge is 2.22. The lowest BCUT2D eigenvalue weighted by atomic mass is 10.2. The van der Waals surface area contributed by atoms with Crippen molar-refractivity contribution in [1.29, 1.82) is 0 Å².